The molecule has 0 spiro atoms. The van der Waals surface area contributed by atoms with E-state index < -0.39 is 17.7 Å². The highest BCUT2D eigenvalue weighted by molar-refractivity contribution is 9.10. The Labute approximate surface area is 136 Å². The second-order valence-electron chi connectivity index (χ2n) is 4.11. The molecule has 0 unspecified atom stereocenters. The molecule has 0 aliphatic carbocycles. The molecule has 0 bridgehead atoms. The van der Waals surface area contributed by atoms with Gasteiger partial charge in [-0.15, -0.1) is 0 Å². The maximum Gasteiger partial charge on any atom is 0.335 e. The molecule has 108 valence electrons. The van der Waals surface area contributed by atoms with Crippen molar-refractivity contribution in [1.29, 1.82) is 0 Å². The molecule has 2 rings (SSSR count). The zero-order valence-corrected chi connectivity index (χ0v) is 13.5. The van der Waals surface area contributed by atoms with Gasteiger partial charge in [-0.1, -0.05) is 31.9 Å². The first kappa shape index (κ1) is 15.7. The van der Waals surface area contributed by atoms with Crippen molar-refractivity contribution in [1.82, 2.24) is 0 Å². The van der Waals surface area contributed by atoms with Crippen molar-refractivity contribution in [3.05, 3.63) is 62.3 Å². The quantitative estimate of drug-likeness (QED) is 0.783. The molecule has 0 heterocycles. The smallest absolute Gasteiger partial charge is 0.335 e. The van der Waals surface area contributed by atoms with Crippen LogP contribution in [0, 0.1) is 5.82 Å². The molecule has 0 radical (unpaired) electrons. The number of carbonyl (C=O) groups is 2. The van der Waals surface area contributed by atoms with E-state index in [9.17, 15) is 14.0 Å². The molecule has 0 atom stereocenters. The van der Waals surface area contributed by atoms with Gasteiger partial charge in [0, 0.05) is 14.6 Å². The van der Waals surface area contributed by atoms with Gasteiger partial charge in [-0.25, -0.2) is 9.18 Å². The number of hydrogen-bond acceptors (Lipinski definition) is 2. The molecule has 21 heavy (non-hydrogen) atoms. The first-order valence-electron chi connectivity index (χ1n) is 5.67. The fraction of sp³-hybridized carbons (Fsp3) is 0. The summed E-state index contributed by atoms with van der Waals surface area (Å²) >= 11 is 6.26. The number of nitrogens with one attached hydrogen (secondary N) is 1. The number of hydrogen-bond donors (Lipinski definition) is 2. The van der Waals surface area contributed by atoms with Crippen molar-refractivity contribution in [2.75, 3.05) is 5.32 Å². The fourth-order valence-corrected chi connectivity index (χ4v) is 2.48. The molecule has 0 aromatic heterocycles. The molecular formula is C14H8Br2FNO3. The van der Waals surface area contributed by atoms with Crippen LogP contribution in [0.5, 0.6) is 0 Å². The van der Waals surface area contributed by atoms with Crippen molar-refractivity contribution in [2.45, 2.75) is 0 Å². The lowest BCUT2D eigenvalue weighted by molar-refractivity contribution is 0.0696. The van der Waals surface area contributed by atoms with Gasteiger partial charge in [0.05, 0.1) is 11.1 Å². The van der Waals surface area contributed by atoms with Crippen LogP contribution in [-0.4, -0.2) is 17.0 Å². The summed E-state index contributed by atoms with van der Waals surface area (Å²) in [5, 5.41) is 11.4. The van der Waals surface area contributed by atoms with E-state index in [1.54, 1.807) is 6.07 Å². The second-order valence-corrected chi connectivity index (χ2v) is 5.94. The molecule has 0 saturated carbocycles. The van der Waals surface area contributed by atoms with Crippen molar-refractivity contribution < 1.29 is 19.1 Å². The molecule has 7 heteroatoms. The Hall–Kier alpha value is -1.73. The Balaban J connectivity index is 2.29. The third-order valence-corrected chi connectivity index (χ3v) is 3.53. The van der Waals surface area contributed by atoms with Crippen molar-refractivity contribution in [2.24, 2.45) is 0 Å². The lowest BCUT2D eigenvalue weighted by Gasteiger charge is -2.08. The summed E-state index contributed by atoms with van der Waals surface area (Å²) in [5.41, 5.74) is 0.139. The third-order valence-electron chi connectivity index (χ3n) is 2.58. The van der Waals surface area contributed by atoms with Gasteiger partial charge in [-0.05, 0) is 36.4 Å². The van der Waals surface area contributed by atoms with Crippen LogP contribution in [0.4, 0.5) is 10.1 Å². The number of aromatic carboxylic acids is 1. The van der Waals surface area contributed by atoms with Crippen LogP contribution in [0.2, 0.25) is 0 Å². The molecule has 0 aliphatic rings. The van der Waals surface area contributed by atoms with Gasteiger partial charge in [0.1, 0.15) is 5.82 Å². The average molecular weight is 417 g/mol. The zero-order valence-electron chi connectivity index (χ0n) is 10.4. The van der Waals surface area contributed by atoms with E-state index in [1.807, 2.05) is 0 Å². The average Bonchev–Trinajstić information content (AvgIpc) is 2.37. The molecule has 0 fully saturated rings. The number of carbonyl (C=O) groups excluding carboxylic acids is 1. The molecule has 2 aromatic rings. The maximum absolute atomic E-state index is 13.7. The SMILES string of the molecule is O=C(O)c1cc(Br)cc(NC(=O)c2ccc(Br)cc2F)c1. The Morgan fingerprint density at radius 3 is 2.38 bits per heavy atom. The van der Waals surface area contributed by atoms with Gasteiger partial charge in [-0.2, -0.15) is 0 Å². The minimum absolute atomic E-state index is 0.0101. The van der Waals surface area contributed by atoms with E-state index >= 15 is 0 Å². The second kappa shape index (κ2) is 6.36. The predicted octanol–water partition coefficient (Wildman–Crippen LogP) is 4.30. The molecule has 0 saturated heterocycles. The van der Waals surface area contributed by atoms with Crippen LogP contribution in [0.3, 0.4) is 0 Å². The van der Waals surface area contributed by atoms with Crippen LogP contribution in [-0.2, 0) is 0 Å². The van der Waals surface area contributed by atoms with E-state index in [0.29, 0.717) is 8.95 Å². The van der Waals surface area contributed by atoms with Gasteiger partial charge in [0.15, 0.2) is 0 Å². The molecule has 0 aliphatic heterocycles. The Bertz CT molecular complexity index is 734. The number of amides is 1. The van der Waals surface area contributed by atoms with E-state index in [4.69, 9.17) is 5.11 Å². The van der Waals surface area contributed by atoms with Gasteiger partial charge >= 0.3 is 5.97 Å². The monoisotopic (exact) mass is 415 g/mol. The molecular weight excluding hydrogens is 409 g/mol. The summed E-state index contributed by atoms with van der Waals surface area (Å²) in [7, 11) is 0. The largest absolute Gasteiger partial charge is 0.478 e. The summed E-state index contributed by atoms with van der Waals surface area (Å²) in [6.45, 7) is 0. The Morgan fingerprint density at radius 2 is 1.76 bits per heavy atom. The Kier molecular flexibility index (Phi) is 4.74. The van der Waals surface area contributed by atoms with Crippen molar-refractivity contribution >= 4 is 49.4 Å². The number of carboxylic acid groups (broad SMARTS) is 1. The van der Waals surface area contributed by atoms with E-state index in [1.165, 1.54) is 30.3 Å². The van der Waals surface area contributed by atoms with Gasteiger partial charge in [0.2, 0.25) is 0 Å². The minimum atomic E-state index is -1.12. The van der Waals surface area contributed by atoms with Crippen LogP contribution in [0.15, 0.2) is 45.3 Å². The summed E-state index contributed by atoms with van der Waals surface area (Å²) < 4.78 is 14.7. The van der Waals surface area contributed by atoms with Crippen LogP contribution < -0.4 is 5.32 Å². The number of carboxylic acids is 1. The number of anilines is 1. The third kappa shape index (κ3) is 3.89. The van der Waals surface area contributed by atoms with Crippen LogP contribution in [0.1, 0.15) is 20.7 Å². The normalized spacial score (nSPS) is 10.2. The topological polar surface area (TPSA) is 66.4 Å². The first-order chi connectivity index (χ1) is 9.86. The van der Waals surface area contributed by atoms with E-state index in [-0.39, 0.29) is 16.8 Å². The van der Waals surface area contributed by atoms with Crippen LogP contribution >= 0.6 is 31.9 Å². The number of benzene rings is 2. The molecule has 2 aromatic carbocycles. The van der Waals surface area contributed by atoms with Gasteiger partial charge in [0.25, 0.3) is 5.91 Å². The van der Waals surface area contributed by atoms with E-state index in [0.717, 1.165) is 0 Å². The lowest BCUT2D eigenvalue weighted by Crippen LogP contribution is -2.14. The highest BCUT2D eigenvalue weighted by Gasteiger charge is 2.13. The van der Waals surface area contributed by atoms with Crippen molar-refractivity contribution in [3.8, 4) is 0 Å². The van der Waals surface area contributed by atoms with Crippen LogP contribution in [0.25, 0.3) is 0 Å². The predicted molar refractivity (Wildman–Crippen MR) is 83.2 cm³/mol. The highest BCUT2D eigenvalue weighted by atomic mass is 79.9. The van der Waals surface area contributed by atoms with Crippen molar-refractivity contribution in [3.63, 3.8) is 0 Å². The van der Waals surface area contributed by atoms with Gasteiger partial charge in [-0.3, -0.25) is 4.79 Å². The molecule has 4 nitrogen and oxygen atoms in total. The summed E-state index contributed by atoms with van der Waals surface area (Å²) in [5.74, 6) is -2.45. The summed E-state index contributed by atoms with van der Waals surface area (Å²) in [6, 6.07) is 8.28. The maximum atomic E-state index is 13.7. The lowest BCUT2D eigenvalue weighted by atomic mass is 10.1. The summed E-state index contributed by atoms with van der Waals surface area (Å²) in [6.07, 6.45) is 0. The molecule has 1 amide bonds. The number of rotatable bonds is 3. The standard InChI is InChI=1S/C14H8Br2FNO3/c15-8-1-2-11(12(17)6-8)13(19)18-10-4-7(14(20)21)3-9(16)5-10/h1-6H,(H,18,19)(H,20,21). The Morgan fingerprint density at radius 1 is 1.05 bits per heavy atom. The summed E-state index contributed by atoms with van der Waals surface area (Å²) in [4.78, 5) is 23.0. The highest BCUT2D eigenvalue weighted by Crippen LogP contribution is 2.21. The first-order valence-corrected chi connectivity index (χ1v) is 7.25. The van der Waals surface area contributed by atoms with Gasteiger partial charge < -0.3 is 10.4 Å². The number of halogens is 3. The van der Waals surface area contributed by atoms with E-state index in [2.05, 4.69) is 37.2 Å². The molecule has 2 N–H and O–H groups in total. The fourth-order valence-electron chi connectivity index (χ4n) is 1.66. The zero-order chi connectivity index (χ0) is 15.6. The minimum Gasteiger partial charge on any atom is -0.478 e.